The summed E-state index contributed by atoms with van der Waals surface area (Å²) in [5, 5.41) is 0.700. The fourth-order valence-corrected chi connectivity index (χ4v) is 3.88. The summed E-state index contributed by atoms with van der Waals surface area (Å²) in [6.07, 6.45) is 1.52. The molecular weight excluding hydrogens is 347 g/mol. The van der Waals surface area contributed by atoms with Crippen molar-refractivity contribution in [3.05, 3.63) is 21.8 Å². The molecule has 0 spiro atoms. The molecule has 110 valence electrons. The van der Waals surface area contributed by atoms with Crippen molar-refractivity contribution in [2.24, 2.45) is 5.92 Å². The van der Waals surface area contributed by atoms with Crippen LogP contribution in [0.15, 0.2) is 6.20 Å². The first-order chi connectivity index (χ1) is 9.19. The van der Waals surface area contributed by atoms with Gasteiger partial charge < -0.3 is 0 Å². The van der Waals surface area contributed by atoms with Gasteiger partial charge in [0.15, 0.2) is 5.82 Å². The number of rotatable bonds is 3. The van der Waals surface area contributed by atoms with Crippen molar-refractivity contribution >= 4 is 54.7 Å². The highest BCUT2D eigenvalue weighted by atomic mass is 35.7. The summed E-state index contributed by atoms with van der Waals surface area (Å²) < 4.78 is 22.2. The topological polar surface area (TPSA) is 67.3 Å². The predicted octanol–water partition coefficient (Wildman–Crippen LogP) is 2.62. The fourth-order valence-electron chi connectivity index (χ4n) is 2.11. The zero-order chi connectivity index (χ0) is 15.1. The van der Waals surface area contributed by atoms with Crippen molar-refractivity contribution < 1.29 is 13.2 Å². The fraction of sp³-hybridized carbons (Fsp3) is 0.455. The van der Waals surface area contributed by atoms with Crippen molar-refractivity contribution in [2.45, 2.75) is 13.3 Å². The number of aromatic nitrogens is 1. The second-order valence-corrected chi connectivity index (χ2v) is 8.26. The molecule has 1 aromatic heterocycles. The Bertz CT molecular complexity index is 663. The van der Waals surface area contributed by atoms with Crippen LogP contribution >= 0.6 is 33.9 Å². The molecule has 5 nitrogen and oxygen atoms in total. The van der Waals surface area contributed by atoms with E-state index in [-0.39, 0.29) is 30.5 Å². The van der Waals surface area contributed by atoms with Gasteiger partial charge in [-0.25, -0.2) is 13.4 Å². The number of pyridine rings is 1. The number of anilines is 1. The minimum Gasteiger partial charge on any atom is -0.295 e. The Labute approximate surface area is 131 Å². The lowest BCUT2D eigenvalue weighted by atomic mass is 10.1. The SMILES string of the molecule is Cc1c(Cl)cnc(N2CC(CS(=O)(=O)Cl)CC2=O)c1Cl. The van der Waals surface area contributed by atoms with Crippen molar-refractivity contribution in [3.63, 3.8) is 0 Å². The Morgan fingerprint density at radius 1 is 1.45 bits per heavy atom. The molecule has 2 heterocycles. The van der Waals surface area contributed by atoms with Crippen LogP contribution in [0.3, 0.4) is 0 Å². The highest BCUT2D eigenvalue weighted by molar-refractivity contribution is 8.13. The second kappa shape index (κ2) is 5.67. The van der Waals surface area contributed by atoms with E-state index in [1.807, 2.05) is 0 Å². The summed E-state index contributed by atoms with van der Waals surface area (Å²) in [6, 6.07) is 0. The number of carbonyl (C=O) groups excluding carboxylic acids is 1. The van der Waals surface area contributed by atoms with Crippen LogP contribution in [0.5, 0.6) is 0 Å². The molecular formula is C11H11Cl3N2O3S. The second-order valence-electron chi connectivity index (χ2n) is 4.65. The minimum absolute atomic E-state index is 0.103. The summed E-state index contributed by atoms with van der Waals surface area (Å²) in [7, 11) is 1.57. The molecule has 0 radical (unpaired) electrons. The van der Waals surface area contributed by atoms with E-state index in [4.69, 9.17) is 33.9 Å². The Kier molecular flexibility index (Phi) is 4.49. The van der Waals surface area contributed by atoms with Gasteiger partial charge in [-0.3, -0.25) is 9.69 Å². The van der Waals surface area contributed by atoms with Crippen molar-refractivity contribution in [3.8, 4) is 0 Å². The summed E-state index contributed by atoms with van der Waals surface area (Å²) in [5.74, 6) is -0.542. The zero-order valence-corrected chi connectivity index (χ0v) is 13.5. The highest BCUT2D eigenvalue weighted by Gasteiger charge is 2.35. The molecule has 1 aliphatic heterocycles. The third-order valence-electron chi connectivity index (χ3n) is 3.08. The average molecular weight is 358 g/mol. The van der Waals surface area contributed by atoms with E-state index in [0.717, 1.165) is 0 Å². The Hall–Kier alpha value is -0.560. The van der Waals surface area contributed by atoms with Gasteiger partial charge in [-0.1, -0.05) is 23.2 Å². The lowest BCUT2D eigenvalue weighted by molar-refractivity contribution is -0.117. The monoisotopic (exact) mass is 356 g/mol. The van der Waals surface area contributed by atoms with Crippen LogP contribution in [0.4, 0.5) is 5.82 Å². The lowest BCUT2D eigenvalue weighted by Gasteiger charge is -2.18. The van der Waals surface area contributed by atoms with Gasteiger partial charge in [0, 0.05) is 35.8 Å². The van der Waals surface area contributed by atoms with E-state index in [2.05, 4.69) is 4.98 Å². The lowest BCUT2D eigenvalue weighted by Crippen LogP contribution is -2.26. The van der Waals surface area contributed by atoms with E-state index in [1.165, 1.54) is 11.1 Å². The van der Waals surface area contributed by atoms with Crippen LogP contribution in [-0.2, 0) is 13.8 Å². The maximum Gasteiger partial charge on any atom is 0.232 e. The van der Waals surface area contributed by atoms with Crippen LogP contribution in [0.1, 0.15) is 12.0 Å². The molecule has 1 amide bonds. The summed E-state index contributed by atoms with van der Waals surface area (Å²) in [5.41, 5.74) is 0.625. The third-order valence-corrected chi connectivity index (χ3v) is 5.16. The van der Waals surface area contributed by atoms with Gasteiger partial charge in [-0.15, -0.1) is 0 Å². The van der Waals surface area contributed by atoms with Crippen molar-refractivity contribution in [1.29, 1.82) is 0 Å². The van der Waals surface area contributed by atoms with E-state index in [1.54, 1.807) is 6.92 Å². The first kappa shape index (κ1) is 15.8. The molecule has 2 rings (SSSR count). The van der Waals surface area contributed by atoms with Gasteiger partial charge >= 0.3 is 0 Å². The molecule has 1 unspecified atom stereocenters. The van der Waals surface area contributed by atoms with Crippen molar-refractivity contribution in [2.75, 3.05) is 17.2 Å². The molecule has 20 heavy (non-hydrogen) atoms. The number of carbonyl (C=O) groups is 1. The molecule has 9 heteroatoms. The molecule has 0 saturated carbocycles. The molecule has 1 aromatic rings. The number of hydrogen-bond donors (Lipinski definition) is 0. The Morgan fingerprint density at radius 3 is 2.70 bits per heavy atom. The molecule has 1 aliphatic rings. The van der Waals surface area contributed by atoms with Gasteiger partial charge in [0.1, 0.15) is 0 Å². The standard InChI is InChI=1S/C11H11Cl3N2O3S/c1-6-8(12)3-15-11(10(6)13)16-4-7(2-9(16)17)5-20(14,18)19/h3,7H,2,4-5H2,1H3. The summed E-state index contributed by atoms with van der Waals surface area (Å²) in [6.45, 7) is 1.94. The third kappa shape index (κ3) is 3.36. The Balaban J connectivity index is 2.27. The normalized spacial score (nSPS) is 19.7. The molecule has 1 fully saturated rings. The summed E-state index contributed by atoms with van der Waals surface area (Å²) >= 11 is 12.0. The van der Waals surface area contributed by atoms with Crippen LogP contribution in [0.25, 0.3) is 0 Å². The quantitative estimate of drug-likeness (QED) is 0.780. The highest BCUT2D eigenvalue weighted by Crippen LogP contribution is 2.34. The number of hydrogen-bond acceptors (Lipinski definition) is 4. The largest absolute Gasteiger partial charge is 0.295 e. The van der Waals surface area contributed by atoms with Gasteiger partial charge in [0.25, 0.3) is 0 Å². The van der Waals surface area contributed by atoms with Gasteiger partial charge in [-0.2, -0.15) is 0 Å². The number of halogens is 3. The molecule has 0 aromatic carbocycles. The average Bonchev–Trinajstić information content (AvgIpc) is 2.65. The minimum atomic E-state index is -3.64. The van der Waals surface area contributed by atoms with Crippen LogP contribution < -0.4 is 4.90 Å². The maximum atomic E-state index is 12.0. The van der Waals surface area contributed by atoms with E-state index >= 15 is 0 Å². The van der Waals surface area contributed by atoms with Crippen LogP contribution in [-0.4, -0.2) is 31.6 Å². The van der Waals surface area contributed by atoms with E-state index in [0.29, 0.717) is 21.4 Å². The van der Waals surface area contributed by atoms with Crippen LogP contribution in [0.2, 0.25) is 10.0 Å². The van der Waals surface area contributed by atoms with Gasteiger partial charge in [0.2, 0.25) is 15.0 Å². The predicted molar refractivity (Wildman–Crippen MR) is 79.1 cm³/mol. The zero-order valence-electron chi connectivity index (χ0n) is 10.4. The summed E-state index contributed by atoms with van der Waals surface area (Å²) in [4.78, 5) is 17.4. The number of nitrogens with zero attached hydrogens (tertiary/aromatic N) is 2. The van der Waals surface area contributed by atoms with Crippen LogP contribution in [0, 0.1) is 12.8 Å². The maximum absolute atomic E-state index is 12.0. The molecule has 0 aliphatic carbocycles. The molecule has 0 bridgehead atoms. The first-order valence-electron chi connectivity index (χ1n) is 5.72. The van der Waals surface area contributed by atoms with E-state index in [9.17, 15) is 13.2 Å². The molecule has 1 saturated heterocycles. The molecule has 1 atom stereocenters. The molecule has 0 N–H and O–H groups in total. The number of amides is 1. The first-order valence-corrected chi connectivity index (χ1v) is 8.95. The smallest absolute Gasteiger partial charge is 0.232 e. The Morgan fingerprint density at radius 2 is 2.10 bits per heavy atom. The van der Waals surface area contributed by atoms with Gasteiger partial charge in [0.05, 0.1) is 15.8 Å². The van der Waals surface area contributed by atoms with E-state index < -0.39 is 9.05 Å². The van der Waals surface area contributed by atoms with Crippen molar-refractivity contribution in [1.82, 2.24) is 4.98 Å². The van der Waals surface area contributed by atoms with Gasteiger partial charge in [-0.05, 0) is 12.5 Å².